The number of hydrogen-bond donors (Lipinski definition) is 1. The Labute approximate surface area is 154 Å². The molecule has 138 valence electrons. The van der Waals surface area contributed by atoms with Crippen molar-refractivity contribution < 1.29 is 9.53 Å². The smallest absolute Gasteiger partial charge is 0.254 e. The summed E-state index contributed by atoms with van der Waals surface area (Å²) in [6.07, 6.45) is 5.64. The molecular weight excluding hydrogens is 326 g/mol. The van der Waals surface area contributed by atoms with E-state index >= 15 is 0 Å². The number of nitrogens with one attached hydrogen (secondary N) is 1. The lowest BCUT2D eigenvalue weighted by molar-refractivity contribution is -0.162. The summed E-state index contributed by atoms with van der Waals surface area (Å²) >= 11 is 0. The summed E-state index contributed by atoms with van der Waals surface area (Å²) in [5.74, 6) is 0.137. The summed E-state index contributed by atoms with van der Waals surface area (Å²) in [5.41, 5.74) is 4.16. The Morgan fingerprint density at radius 3 is 2.88 bits per heavy atom. The van der Waals surface area contributed by atoms with E-state index in [4.69, 9.17) is 4.74 Å². The van der Waals surface area contributed by atoms with Gasteiger partial charge in [-0.05, 0) is 44.6 Å². The van der Waals surface area contributed by atoms with Crippen molar-refractivity contribution in [3.8, 4) is 0 Å². The van der Waals surface area contributed by atoms with Crippen molar-refractivity contribution >= 4 is 5.91 Å². The molecule has 0 saturated carbocycles. The molecule has 1 unspecified atom stereocenters. The van der Waals surface area contributed by atoms with E-state index in [-0.39, 0.29) is 5.91 Å². The van der Waals surface area contributed by atoms with Gasteiger partial charge in [-0.15, -0.1) is 0 Å². The van der Waals surface area contributed by atoms with Crippen LogP contribution in [0.25, 0.3) is 0 Å². The van der Waals surface area contributed by atoms with E-state index in [1.807, 2.05) is 17.9 Å². The molecule has 1 saturated heterocycles. The number of nitrogens with zero attached hydrogens (tertiary/aromatic N) is 2. The number of amides is 1. The maximum absolute atomic E-state index is 13.1. The fraction of sp³-hybridized carbons (Fsp3) is 0.524. The molecule has 0 bridgehead atoms. The Morgan fingerprint density at radius 2 is 2.12 bits per heavy atom. The summed E-state index contributed by atoms with van der Waals surface area (Å²) in [6.45, 7) is 4.03. The molecule has 3 heterocycles. The van der Waals surface area contributed by atoms with E-state index in [2.05, 4.69) is 34.5 Å². The minimum Gasteiger partial charge on any atom is -0.365 e. The Balaban J connectivity index is 1.46. The lowest BCUT2D eigenvalue weighted by Crippen LogP contribution is -2.51. The van der Waals surface area contributed by atoms with E-state index < -0.39 is 5.60 Å². The van der Waals surface area contributed by atoms with Crippen LogP contribution in [-0.2, 0) is 35.3 Å². The quantitative estimate of drug-likeness (QED) is 0.919. The molecule has 1 amide bonds. The van der Waals surface area contributed by atoms with Gasteiger partial charge in [-0.2, -0.15) is 5.10 Å². The van der Waals surface area contributed by atoms with Gasteiger partial charge in [0.25, 0.3) is 5.91 Å². The summed E-state index contributed by atoms with van der Waals surface area (Å²) in [6, 6.07) is 10.5. The van der Waals surface area contributed by atoms with Crippen LogP contribution in [0.1, 0.15) is 48.7 Å². The van der Waals surface area contributed by atoms with Crippen molar-refractivity contribution in [1.29, 1.82) is 0 Å². The fourth-order valence-corrected chi connectivity index (χ4v) is 4.08. The Kier molecular flexibility index (Phi) is 4.81. The molecule has 2 aliphatic heterocycles. The molecule has 1 N–H and O–H groups in total. The number of carbonyl (C=O) groups excluding carboxylic acids is 1. The predicted molar refractivity (Wildman–Crippen MR) is 99.8 cm³/mol. The molecule has 1 aromatic carbocycles. The van der Waals surface area contributed by atoms with Gasteiger partial charge in [-0.3, -0.25) is 9.89 Å². The van der Waals surface area contributed by atoms with E-state index in [0.717, 1.165) is 50.8 Å². The Hall–Kier alpha value is -2.14. The van der Waals surface area contributed by atoms with Crippen LogP contribution < -0.4 is 0 Å². The van der Waals surface area contributed by atoms with Crippen molar-refractivity contribution in [2.75, 3.05) is 13.2 Å². The van der Waals surface area contributed by atoms with Crippen molar-refractivity contribution in [3.63, 3.8) is 0 Å². The maximum Gasteiger partial charge on any atom is 0.254 e. The molecule has 1 fully saturated rings. The number of fused-ring (bicyclic) bond motifs is 1. The molecule has 26 heavy (non-hydrogen) atoms. The first-order chi connectivity index (χ1) is 12.7. The molecule has 1 atom stereocenters. The molecule has 0 spiro atoms. The average molecular weight is 353 g/mol. The van der Waals surface area contributed by atoms with E-state index in [1.165, 1.54) is 16.8 Å². The van der Waals surface area contributed by atoms with Gasteiger partial charge in [0.05, 0.1) is 5.69 Å². The third-order valence-electron chi connectivity index (χ3n) is 5.72. The molecule has 0 radical (unpaired) electrons. The van der Waals surface area contributed by atoms with Gasteiger partial charge in [-0.1, -0.05) is 30.3 Å². The number of carbonyl (C=O) groups is 1. The molecule has 2 aromatic rings. The summed E-state index contributed by atoms with van der Waals surface area (Å²) in [5, 5.41) is 7.73. The molecule has 0 aliphatic carbocycles. The third-order valence-corrected chi connectivity index (χ3v) is 5.72. The number of rotatable bonds is 4. The Bertz CT molecular complexity index is 763. The third kappa shape index (κ3) is 3.40. The van der Waals surface area contributed by atoms with Gasteiger partial charge in [0.1, 0.15) is 5.60 Å². The van der Waals surface area contributed by atoms with Gasteiger partial charge < -0.3 is 9.64 Å². The fourth-order valence-electron chi connectivity index (χ4n) is 4.08. The second-order valence-corrected chi connectivity index (χ2v) is 7.63. The van der Waals surface area contributed by atoms with Gasteiger partial charge >= 0.3 is 0 Å². The SMILES string of the molecule is CC1(C(=O)N2CCc3[nH]nc(CCc4ccccc4)c3C2)CCCCO1. The second kappa shape index (κ2) is 7.23. The van der Waals surface area contributed by atoms with E-state index in [9.17, 15) is 4.79 Å². The lowest BCUT2D eigenvalue weighted by Gasteiger charge is -2.38. The zero-order valence-corrected chi connectivity index (χ0v) is 15.5. The first kappa shape index (κ1) is 17.3. The molecular formula is C21H27N3O2. The highest BCUT2D eigenvalue weighted by Gasteiger charge is 2.40. The summed E-state index contributed by atoms with van der Waals surface area (Å²) in [4.78, 5) is 15.0. The normalized spacial score (nSPS) is 22.9. The number of ether oxygens (including phenoxy) is 1. The number of aromatic amines is 1. The second-order valence-electron chi connectivity index (χ2n) is 7.63. The van der Waals surface area contributed by atoms with Crippen LogP contribution in [0.2, 0.25) is 0 Å². The predicted octanol–water partition coefficient (Wildman–Crippen LogP) is 3.04. The van der Waals surface area contributed by atoms with Crippen LogP contribution in [0.3, 0.4) is 0 Å². The molecule has 5 heteroatoms. The largest absolute Gasteiger partial charge is 0.365 e. The molecule has 1 aromatic heterocycles. The van der Waals surface area contributed by atoms with Gasteiger partial charge in [0.2, 0.25) is 0 Å². The van der Waals surface area contributed by atoms with E-state index in [1.54, 1.807) is 0 Å². The summed E-state index contributed by atoms with van der Waals surface area (Å²) < 4.78 is 5.87. The minimum absolute atomic E-state index is 0.137. The number of aryl methyl sites for hydroxylation is 2. The van der Waals surface area contributed by atoms with Crippen LogP contribution >= 0.6 is 0 Å². The molecule has 5 nitrogen and oxygen atoms in total. The first-order valence-electron chi connectivity index (χ1n) is 9.68. The number of H-pyrrole nitrogens is 1. The highest BCUT2D eigenvalue weighted by Crippen LogP contribution is 2.30. The zero-order valence-electron chi connectivity index (χ0n) is 15.5. The minimum atomic E-state index is -0.649. The van der Waals surface area contributed by atoms with E-state index in [0.29, 0.717) is 13.2 Å². The van der Waals surface area contributed by atoms with Crippen LogP contribution in [0.5, 0.6) is 0 Å². The highest BCUT2D eigenvalue weighted by molar-refractivity contribution is 5.85. The van der Waals surface area contributed by atoms with Crippen LogP contribution in [-0.4, -0.2) is 39.8 Å². The van der Waals surface area contributed by atoms with Gasteiger partial charge in [-0.25, -0.2) is 0 Å². The topological polar surface area (TPSA) is 58.2 Å². The highest BCUT2D eigenvalue weighted by atomic mass is 16.5. The van der Waals surface area contributed by atoms with Gasteiger partial charge in [0, 0.05) is 37.4 Å². The number of benzene rings is 1. The summed E-state index contributed by atoms with van der Waals surface area (Å²) in [7, 11) is 0. The first-order valence-corrected chi connectivity index (χ1v) is 9.68. The van der Waals surface area contributed by atoms with Crippen molar-refractivity contribution in [2.45, 2.75) is 57.6 Å². The van der Waals surface area contributed by atoms with Crippen molar-refractivity contribution in [2.24, 2.45) is 0 Å². The number of hydrogen-bond acceptors (Lipinski definition) is 3. The monoisotopic (exact) mass is 353 g/mol. The zero-order chi connectivity index (χ0) is 18.0. The van der Waals surface area contributed by atoms with Crippen LogP contribution in [0.4, 0.5) is 0 Å². The van der Waals surface area contributed by atoms with Crippen LogP contribution in [0, 0.1) is 0 Å². The maximum atomic E-state index is 13.1. The standard InChI is InChI=1S/C21H27N3O2/c1-21(12-5-6-14-26-21)20(25)24-13-11-19-17(15-24)18(22-23-19)10-9-16-7-3-2-4-8-16/h2-4,7-8H,5-6,9-15H2,1H3,(H,22,23). The lowest BCUT2D eigenvalue weighted by atomic mass is 9.92. The molecule has 4 rings (SSSR count). The Morgan fingerprint density at radius 1 is 1.27 bits per heavy atom. The van der Waals surface area contributed by atoms with Crippen LogP contribution in [0.15, 0.2) is 30.3 Å². The van der Waals surface area contributed by atoms with Crippen molar-refractivity contribution in [3.05, 3.63) is 52.8 Å². The van der Waals surface area contributed by atoms with Crippen molar-refractivity contribution in [1.82, 2.24) is 15.1 Å². The average Bonchev–Trinajstić information content (AvgIpc) is 3.09. The number of aromatic nitrogens is 2. The molecule has 2 aliphatic rings. The van der Waals surface area contributed by atoms with Gasteiger partial charge in [0.15, 0.2) is 0 Å².